The number of benzene rings is 1. The molecule has 1 aromatic carbocycles. The molecule has 1 aromatic rings. The van der Waals surface area contributed by atoms with E-state index in [9.17, 15) is 4.79 Å². The third-order valence-corrected chi connectivity index (χ3v) is 3.30. The Hall–Kier alpha value is -2.74. The highest BCUT2D eigenvalue weighted by molar-refractivity contribution is 5.95. The zero-order valence-corrected chi connectivity index (χ0v) is 12.6. The number of hydrogen-bond donors (Lipinski definition) is 3. The van der Waals surface area contributed by atoms with Gasteiger partial charge in [0.2, 0.25) is 5.91 Å². The summed E-state index contributed by atoms with van der Waals surface area (Å²) in [6.45, 7) is 0.139. The van der Waals surface area contributed by atoms with Crippen LogP contribution >= 0.6 is 0 Å². The van der Waals surface area contributed by atoms with Crippen molar-refractivity contribution >= 4 is 17.6 Å². The normalized spacial score (nSPS) is 14.5. The fourth-order valence-corrected chi connectivity index (χ4v) is 2.18. The number of hydrogen-bond acceptors (Lipinski definition) is 2. The van der Waals surface area contributed by atoms with Crippen molar-refractivity contribution in [3.8, 4) is 12.3 Å². The Kier molecular flexibility index (Phi) is 5.61. The summed E-state index contributed by atoms with van der Waals surface area (Å²) in [6, 6.07) is 7.54. The van der Waals surface area contributed by atoms with Crippen LogP contribution in [0.3, 0.4) is 0 Å². The fourth-order valence-electron chi connectivity index (χ4n) is 2.18. The highest BCUT2D eigenvalue weighted by Gasteiger charge is 2.12. The van der Waals surface area contributed by atoms with Crippen LogP contribution in [-0.4, -0.2) is 31.5 Å². The molecule has 5 nitrogen and oxygen atoms in total. The number of nitrogens with one attached hydrogen (secondary N) is 3. The molecule has 1 amide bonds. The molecule has 0 saturated heterocycles. The molecule has 2 rings (SSSR count). The van der Waals surface area contributed by atoms with Crippen molar-refractivity contribution in [2.45, 2.75) is 18.9 Å². The second kappa shape index (κ2) is 7.89. The van der Waals surface area contributed by atoms with E-state index in [4.69, 9.17) is 6.42 Å². The van der Waals surface area contributed by atoms with Gasteiger partial charge in [-0.25, -0.2) is 0 Å². The van der Waals surface area contributed by atoms with E-state index in [0.29, 0.717) is 17.7 Å². The SMILES string of the molecule is C#Cc1cccc(NC(=O)CNC(=NC)NC2CC=CC2)c1. The van der Waals surface area contributed by atoms with Gasteiger partial charge in [0.1, 0.15) is 0 Å². The largest absolute Gasteiger partial charge is 0.353 e. The topological polar surface area (TPSA) is 65.5 Å². The smallest absolute Gasteiger partial charge is 0.243 e. The molecule has 3 N–H and O–H groups in total. The van der Waals surface area contributed by atoms with Gasteiger partial charge in [0.15, 0.2) is 5.96 Å². The summed E-state index contributed by atoms with van der Waals surface area (Å²) < 4.78 is 0. The Morgan fingerprint density at radius 2 is 2.18 bits per heavy atom. The number of aliphatic imine (C=N–C) groups is 1. The van der Waals surface area contributed by atoms with Crippen LogP contribution in [0.5, 0.6) is 0 Å². The van der Waals surface area contributed by atoms with Crippen molar-refractivity contribution in [3.05, 3.63) is 42.0 Å². The molecule has 0 fully saturated rings. The highest BCUT2D eigenvalue weighted by Crippen LogP contribution is 2.09. The molecule has 0 unspecified atom stereocenters. The van der Waals surface area contributed by atoms with Crippen LogP contribution in [0.2, 0.25) is 0 Å². The molecule has 0 aromatic heterocycles. The third-order valence-electron chi connectivity index (χ3n) is 3.30. The Bertz CT molecular complexity index is 620. The second-order valence-corrected chi connectivity index (χ2v) is 4.98. The van der Waals surface area contributed by atoms with Crippen molar-refractivity contribution in [2.24, 2.45) is 4.99 Å². The Morgan fingerprint density at radius 3 is 2.86 bits per heavy atom. The first-order chi connectivity index (χ1) is 10.7. The number of amides is 1. The molecular formula is C17H20N4O. The highest BCUT2D eigenvalue weighted by atomic mass is 16.1. The van der Waals surface area contributed by atoms with Crippen molar-refractivity contribution in [2.75, 3.05) is 18.9 Å². The predicted molar refractivity (Wildman–Crippen MR) is 89.7 cm³/mol. The van der Waals surface area contributed by atoms with E-state index in [1.165, 1.54) is 0 Å². The second-order valence-electron chi connectivity index (χ2n) is 4.98. The van der Waals surface area contributed by atoms with Crippen LogP contribution in [0.4, 0.5) is 5.69 Å². The minimum absolute atomic E-state index is 0.139. The van der Waals surface area contributed by atoms with E-state index >= 15 is 0 Å². The summed E-state index contributed by atoms with van der Waals surface area (Å²) in [5, 5.41) is 9.07. The van der Waals surface area contributed by atoms with Crippen molar-refractivity contribution < 1.29 is 4.79 Å². The molecule has 0 spiro atoms. The molecule has 114 valence electrons. The number of carbonyl (C=O) groups excluding carboxylic acids is 1. The van der Waals surface area contributed by atoms with Crippen molar-refractivity contribution in [1.29, 1.82) is 0 Å². The van der Waals surface area contributed by atoms with Crippen LogP contribution < -0.4 is 16.0 Å². The lowest BCUT2D eigenvalue weighted by Gasteiger charge is -2.16. The molecule has 1 aliphatic rings. The third kappa shape index (κ3) is 4.67. The molecule has 0 heterocycles. The number of terminal acetylenes is 1. The van der Waals surface area contributed by atoms with Crippen LogP contribution in [0.15, 0.2) is 41.4 Å². The summed E-state index contributed by atoms with van der Waals surface area (Å²) >= 11 is 0. The first kappa shape index (κ1) is 15.6. The molecule has 0 radical (unpaired) electrons. The van der Waals surface area contributed by atoms with E-state index in [1.807, 2.05) is 12.1 Å². The minimum Gasteiger partial charge on any atom is -0.353 e. The summed E-state index contributed by atoms with van der Waals surface area (Å²) in [7, 11) is 1.69. The van der Waals surface area contributed by atoms with Crippen LogP contribution in [0, 0.1) is 12.3 Å². The van der Waals surface area contributed by atoms with Crippen LogP contribution in [0.25, 0.3) is 0 Å². The predicted octanol–water partition coefficient (Wildman–Crippen LogP) is 1.49. The summed E-state index contributed by atoms with van der Waals surface area (Å²) in [5.41, 5.74) is 1.42. The van der Waals surface area contributed by atoms with E-state index in [1.54, 1.807) is 19.2 Å². The first-order valence-electron chi connectivity index (χ1n) is 7.20. The van der Waals surface area contributed by atoms with Gasteiger partial charge in [0, 0.05) is 24.3 Å². The first-order valence-corrected chi connectivity index (χ1v) is 7.20. The van der Waals surface area contributed by atoms with E-state index in [2.05, 4.69) is 39.0 Å². The van der Waals surface area contributed by atoms with Gasteiger partial charge in [-0.2, -0.15) is 0 Å². The van der Waals surface area contributed by atoms with Gasteiger partial charge in [-0.05, 0) is 31.0 Å². The Morgan fingerprint density at radius 1 is 1.41 bits per heavy atom. The van der Waals surface area contributed by atoms with Gasteiger partial charge in [0.05, 0.1) is 6.54 Å². The maximum absolute atomic E-state index is 11.9. The van der Waals surface area contributed by atoms with Gasteiger partial charge in [0.25, 0.3) is 0 Å². The molecule has 0 saturated carbocycles. The van der Waals surface area contributed by atoms with Gasteiger partial charge in [-0.3, -0.25) is 9.79 Å². The monoisotopic (exact) mass is 296 g/mol. The summed E-state index contributed by atoms with van der Waals surface area (Å²) in [4.78, 5) is 16.1. The molecule has 22 heavy (non-hydrogen) atoms. The minimum atomic E-state index is -0.151. The summed E-state index contributed by atoms with van der Waals surface area (Å²) in [6.07, 6.45) is 11.6. The number of carbonyl (C=O) groups is 1. The van der Waals surface area contributed by atoms with Crippen LogP contribution in [0.1, 0.15) is 18.4 Å². The number of nitrogens with zero attached hydrogens (tertiary/aromatic N) is 1. The molecule has 0 aliphatic heterocycles. The Balaban J connectivity index is 1.79. The van der Waals surface area contributed by atoms with Gasteiger partial charge >= 0.3 is 0 Å². The standard InChI is InChI=1S/C17H20N4O/c1-3-13-7-6-10-15(11-13)20-16(22)12-19-17(18-2)21-14-8-4-5-9-14/h1,4-7,10-11,14H,8-9,12H2,2H3,(H,20,22)(H2,18,19,21). The Labute approximate surface area is 130 Å². The number of rotatable bonds is 4. The number of guanidine groups is 1. The average molecular weight is 296 g/mol. The van der Waals surface area contributed by atoms with Gasteiger partial charge in [-0.15, -0.1) is 6.42 Å². The van der Waals surface area contributed by atoms with E-state index < -0.39 is 0 Å². The molecule has 0 bridgehead atoms. The lowest BCUT2D eigenvalue weighted by Crippen LogP contribution is -2.45. The van der Waals surface area contributed by atoms with Crippen molar-refractivity contribution in [1.82, 2.24) is 10.6 Å². The zero-order valence-electron chi connectivity index (χ0n) is 12.6. The summed E-state index contributed by atoms with van der Waals surface area (Å²) in [5.74, 6) is 3.01. The lowest BCUT2D eigenvalue weighted by molar-refractivity contribution is -0.115. The lowest BCUT2D eigenvalue weighted by atomic mass is 10.2. The van der Waals surface area contributed by atoms with E-state index in [-0.39, 0.29) is 12.5 Å². The maximum atomic E-state index is 11.9. The van der Waals surface area contributed by atoms with Gasteiger partial charge in [-0.1, -0.05) is 24.1 Å². The average Bonchev–Trinajstić information content (AvgIpc) is 3.04. The van der Waals surface area contributed by atoms with Crippen LogP contribution in [-0.2, 0) is 4.79 Å². The molecule has 0 atom stereocenters. The molecule has 1 aliphatic carbocycles. The number of anilines is 1. The molecule has 5 heteroatoms. The van der Waals surface area contributed by atoms with Gasteiger partial charge < -0.3 is 16.0 Å². The van der Waals surface area contributed by atoms with Crippen molar-refractivity contribution in [3.63, 3.8) is 0 Å². The van der Waals surface area contributed by atoms with E-state index in [0.717, 1.165) is 18.4 Å². The molecular weight excluding hydrogens is 276 g/mol. The zero-order chi connectivity index (χ0) is 15.8. The quantitative estimate of drug-likeness (QED) is 0.341. The maximum Gasteiger partial charge on any atom is 0.243 e. The fraction of sp³-hybridized carbons (Fsp3) is 0.294.